The molecule has 0 aliphatic heterocycles. The predicted molar refractivity (Wildman–Crippen MR) is 86.9 cm³/mol. The molecule has 0 unspecified atom stereocenters. The lowest BCUT2D eigenvalue weighted by molar-refractivity contribution is 0.591. The molecule has 1 aromatic carbocycles. The first-order chi connectivity index (χ1) is 11.0. The van der Waals surface area contributed by atoms with Gasteiger partial charge in [0.1, 0.15) is 5.51 Å². The van der Waals surface area contributed by atoms with Crippen molar-refractivity contribution in [1.82, 2.24) is 20.2 Å². The van der Waals surface area contributed by atoms with Crippen LogP contribution >= 0.6 is 22.9 Å². The van der Waals surface area contributed by atoms with Crippen LogP contribution in [0.1, 0.15) is 5.56 Å². The van der Waals surface area contributed by atoms with Crippen molar-refractivity contribution in [3.05, 3.63) is 46.7 Å². The summed E-state index contributed by atoms with van der Waals surface area (Å²) in [5.74, 6) is 0.382. The number of rotatable bonds is 4. The Morgan fingerprint density at radius 3 is 2.65 bits per heavy atom. The fraction of sp³-hybridized carbons (Fsp3) is 0.0769. The molecule has 0 spiro atoms. The molecule has 3 rings (SSSR count). The average molecular weight is 368 g/mol. The Morgan fingerprint density at radius 2 is 2.04 bits per heavy atom. The molecule has 0 bridgehead atoms. The Kier molecular flexibility index (Phi) is 4.24. The Morgan fingerprint density at radius 1 is 1.22 bits per heavy atom. The molecule has 0 amide bonds. The van der Waals surface area contributed by atoms with Crippen molar-refractivity contribution in [2.24, 2.45) is 0 Å². The van der Waals surface area contributed by atoms with E-state index in [2.05, 4.69) is 25.5 Å². The molecule has 0 fully saturated rings. The quantitative estimate of drug-likeness (QED) is 0.757. The van der Waals surface area contributed by atoms with Gasteiger partial charge < -0.3 is 5.32 Å². The van der Waals surface area contributed by atoms with E-state index in [9.17, 15) is 8.42 Å². The summed E-state index contributed by atoms with van der Waals surface area (Å²) in [4.78, 5) is 8.14. The number of aromatic nitrogens is 4. The fourth-order valence-corrected chi connectivity index (χ4v) is 3.53. The number of aryl methyl sites for hydroxylation is 1. The van der Waals surface area contributed by atoms with E-state index in [0.717, 1.165) is 0 Å². The van der Waals surface area contributed by atoms with Crippen LogP contribution in [0.25, 0.3) is 0 Å². The van der Waals surface area contributed by atoms with Crippen LogP contribution in [-0.4, -0.2) is 28.6 Å². The minimum atomic E-state index is -3.74. The first kappa shape index (κ1) is 15.8. The lowest BCUT2D eigenvalue weighted by atomic mass is 10.2. The van der Waals surface area contributed by atoms with Crippen LogP contribution in [0.15, 0.2) is 46.0 Å². The fourth-order valence-electron chi connectivity index (χ4n) is 1.76. The largest absolute Gasteiger partial charge is 0.313 e. The summed E-state index contributed by atoms with van der Waals surface area (Å²) >= 11 is 7.22. The number of benzene rings is 1. The zero-order valence-electron chi connectivity index (χ0n) is 11.8. The second kappa shape index (κ2) is 6.19. The van der Waals surface area contributed by atoms with Crippen molar-refractivity contribution in [2.45, 2.75) is 16.8 Å². The summed E-state index contributed by atoms with van der Waals surface area (Å²) in [7, 11) is -3.74. The first-order valence-corrected chi connectivity index (χ1v) is 9.07. The molecule has 0 radical (unpaired) electrons. The Labute approximate surface area is 141 Å². The summed E-state index contributed by atoms with van der Waals surface area (Å²) in [5.41, 5.74) is 2.24. The van der Waals surface area contributed by atoms with E-state index in [1.54, 1.807) is 18.5 Å². The monoisotopic (exact) mass is 367 g/mol. The van der Waals surface area contributed by atoms with Crippen molar-refractivity contribution < 1.29 is 8.42 Å². The molecule has 23 heavy (non-hydrogen) atoms. The minimum absolute atomic E-state index is 0.124. The number of hydrogen-bond donors (Lipinski definition) is 1. The van der Waals surface area contributed by atoms with Gasteiger partial charge in [0.25, 0.3) is 0 Å². The van der Waals surface area contributed by atoms with E-state index in [0.29, 0.717) is 21.5 Å². The molecule has 2 heterocycles. The van der Waals surface area contributed by atoms with Gasteiger partial charge in [-0.15, -0.1) is 10.2 Å². The van der Waals surface area contributed by atoms with Gasteiger partial charge in [-0.2, -0.15) is 0 Å². The molecule has 118 valence electrons. The van der Waals surface area contributed by atoms with Gasteiger partial charge in [-0.3, -0.25) is 0 Å². The van der Waals surface area contributed by atoms with E-state index >= 15 is 0 Å². The van der Waals surface area contributed by atoms with Gasteiger partial charge in [-0.1, -0.05) is 22.9 Å². The summed E-state index contributed by atoms with van der Waals surface area (Å²) in [6, 6.07) is 4.50. The van der Waals surface area contributed by atoms with Crippen LogP contribution in [-0.2, 0) is 9.84 Å². The molecule has 1 N–H and O–H groups in total. The molecular weight excluding hydrogens is 358 g/mol. The number of nitrogens with zero attached hydrogens (tertiary/aromatic N) is 4. The van der Waals surface area contributed by atoms with Crippen LogP contribution in [0.3, 0.4) is 0 Å². The zero-order valence-corrected chi connectivity index (χ0v) is 14.2. The van der Waals surface area contributed by atoms with Crippen LogP contribution < -0.4 is 5.32 Å². The highest BCUT2D eigenvalue weighted by atomic mass is 35.5. The average Bonchev–Trinajstić information content (AvgIpc) is 3.03. The van der Waals surface area contributed by atoms with Crippen LogP contribution in [0.5, 0.6) is 0 Å². The third-order valence-electron chi connectivity index (χ3n) is 2.94. The highest BCUT2D eigenvalue weighted by Gasteiger charge is 2.20. The predicted octanol–water partition coefficient (Wildman–Crippen LogP) is 2.87. The lowest BCUT2D eigenvalue weighted by Gasteiger charge is -2.06. The number of nitrogens with one attached hydrogen (secondary N) is 1. The second-order valence-corrected chi connectivity index (χ2v) is 7.66. The molecule has 0 atom stereocenters. The van der Waals surface area contributed by atoms with E-state index < -0.39 is 9.84 Å². The molecule has 0 saturated carbocycles. The third-order valence-corrected chi connectivity index (χ3v) is 5.60. The molecule has 3 aromatic rings. The molecule has 0 aliphatic carbocycles. The maximum absolute atomic E-state index is 12.5. The Balaban J connectivity index is 1.89. The highest BCUT2D eigenvalue weighted by molar-refractivity contribution is 7.91. The summed E-state index contributed by atoms with van der Waals surface area (Å²) in [5, 5.41) is 11.3. The number of anilines is 2. The van der Waals surface area contributed by atoms with Crippen molar-refractivity contribution in [1.29, 1.82) is 0 Å². The van der Waals surface area contributed by atoms with Crippen LogP contribution in [0.4, 0.5) is 10.9 Å². The van der Waals surface area contributed by atoms with Crippen molar-refractivity contribution >= 4 is 43.7 Å². The van der Waals surface area contributed by atoms with E-state index in [4.69, 9.17) is 11.6 Å². The highest BCUT2D eigenvalue weighted by Crippen LogP contribution is 2.24. The van der Waals surface area contributed by atoms with Gasteiger partial charge in [-0.25, -0.2) is 18.4 Å². The van der Waals surface area contributed by atoms with Crippen LogP contribution in [0, 0.1) is 6.92 Å². The maximum Gasteiger partial charge on any atom is 0.225 e. The lowest BCUT2D eigenvalue weighted by Crippen LogP contribution is -2.06. The maximum atomic E-state index is 12.5. The van der Waals surface area contributed by atoms with E-state index in [1.807, 2.05) is 0 Å². The topological polar surface area (TPSA) is 97.7 Å². The van der Waals surface area contributed by atoms with Gasteiger partial charge in [-0.05, 0) is 30.7 Å². The summed E-state index contributed by atoms with van der Waals surface area (Å²) in [6.07, 6.45) is 2.53. The summed E-state index contributed by atoms with van der Waals surface area (Å²) in [6.45, 7) is 1.74. The van der Waals surface area contributed by atoms with Gasteiger partial charge in [0.05, 0.1) is 17.3 Å². The van der Waals surface area contributed by atoms with Crippen molar-refractivity contribution in [3.8, 4) is 0 Å². The number of sulfone groups is 1. The van der Waals surface area contributed by atoms with Crippen LogP contribution in [0.2, 0.25) is 5.02 Å². The van der Waals surface area contributed by atoms with Gasteiger partial charge in [0, 0.05) is 5.02 Å². The molecule has 2 aromatic heterocycles. The number of halogens is 1. The zero-order chi connectivity index (χ0) is 16.4. The number of hydrogen-bond acceptors (Lipinski definition) is 8. The first-order valence-electron chi connectivity index (χ1n) is 6.33. The third kappa shape index (κ3) is 3.31. The molecule has 0 saturated heterocycles. The Bertz CT molecular complexity index is 928. The Hall–Kier alpha value is -2.10. The molecule has 0 aliphatic rings. The second-order valence-electron chi connectivity index (χ2n) is 4.52. The smallest absolute Gasteiger partial charge is 0.225 e. The van der Waals surface area contributed by atoms with Crippen molar-refractivity contribution in [3.63, 3.8) is 0 Å². The standard InChI is InChI=1S/C13H10ClN5O2S2/c1-8-4-9(2-3-10(8)14)23(20,21)12-6-15-11(5-16-12)18-13-19-17-7-22-13/h2-7H,1H3,(H,15,18,19). The molecular formula is C13H10ClN5O2S2. The minimum Gasteiger partial charge on any atom is -0.313 e. The van der Waals surface area contributed by atoms with Gasteiger partial charge in [0.2, 0.25) is 15.0 Å². The van der Waals surface area contributed by atoms with E-state index in [-0.39, 0.29) is 9.92 Å². The van der Waals surface area contributed by atoms with Gasteiger partial charge >= 0.3 is 0 Å². The molecule has 10 heteroatoms. The van der Waals surface area contributed by atoms with E-state index in [1.165, 1.54) is 35.9 Å². The summed E-state index contributed by atoms with van der Waals surface area (Å²) < 4.78 is 25.1. The van der Waals surface area contributed by atoms with Crippen molar-refractivity contribution in [2.75, 3.05) is 5.32 Å². The SMILES string of the molecule is Cc1cc(S(=O)(=O)c2cnc(Nc3nncs3)cn2)ccc1Cl. The van der Waals surface area contributed by atoms with Gasteiger partial charge in [0.15, 0.2) is 10.8 Å². The molecule has 7 nitrogen and oxygen atoms in total. The normalized spacial score (nSPS) is 11.4.